The van der Waals surface area contributed by atoms with Crippen LogP contribution in [0, 0.1) is 11.3 Å². The summed E-state index contributed by atoms with van der Waals surface area (Å²) in [5.74, 6) is 1.01. The van der Waals surface area contributed by atoms with Crippen LogP contribution < -0.4 is 5.32 Å². The number of hydrogen-bond donors (Lipinski definition) is 1. The molecule has 0 spiro atoms. The quantitative estimate of drug-likeness (QED) is 0.772. The van der Waals surface area contributed by atoms with Gasteiger partial charge in [0.2, 0.25) is 0 Å². The van der Waals surface area contributed by atoms with Crippen LogP contribution in [0.5, 0.6) is 0 Å². The van der Waals surface area contributed by atoms with E-state index in [2.05, 4.69) is 38.0 Å². The zero-order valence-electron chi connectivity index (χ0n) is 11.4. The minimum atomic E-state index is 0.469. The summed E-state index contributed by atoms with van der Waals surface area (Å²) in [6.45, 7) is 9.71. The molecule has 2 heteroatoms. The lowest BCUT2D eigenvalue weighted by atomic mass is 9.86. The summed E-state index contributed by atoms with van der Waals surface area (Å²) in [6.07, 6.45) is 5.68. The zero-order chi connectivity index (χ0) is 11.8. The molecule has 16 heavy (non-hydrogen) atoms. The Kier molecular flexibility index (Phi) is 3.60. The lowest BCUT2D eigenvalue weighted by Crippen LogP contribution is -2.51. The van der Waals surface area contributed by atoms with Crippen LogP contribution >= 0.6 is 0 Å². The van der Waals surface area contributed by atoms with E-state index in [0.29, 0.717) is 11.5 Å². The van der Waals surface area contributed by atoms with Crippen molar-refractivity contribution in [3.8, 4) is 0 Å². The van der Waals surface area contributed by atoms with Crippen molar-refractivity contribution < 1.29 is 0 Å². The minimum Gasteiger partial charge on any atom is -0.315 e. The zero-order valence-corrected chi connectivity index (χ0v) is 11.4. The van der Waals surface area contributed by atoms with Crippen LogP contribution in [0.4, 0.5) is 0 Å². The first-order chi connectivity index (χ1) is 7.58. The molecule has 94 valence electrons. The molecular weight excluding hydrogens is 196 g/mol. The first kappa shape index (κ1) is 12.4. The van der Waals surface area contributed by atoms with Gasteiger partial charge in [-0.15, -0.1) is 0 Å². The molecule has 0 amide bonds. The monoisotopic (exact) mass is 224 g/mol. The van der Waals surface area contributed by atoms with Crippen LogP contribution in [0.3, 0.4) is 0 Å². The highest BCUT2D eigenvalue weighted by molar-refractivity contribution is 5.01. The van der Waals surface area contributed by atoms with Crippen molar-refractivity contribution in [3.63, 3.8) is 0 Å². The number of likely N-dealkylation sites (N-methyl/N-ethyl adjacent to an activating group) is 2. The molecule has 0 aromatic rings. The van der Waals surface area contributed by atoms with Crippen LogP contribution in [-0.2, 0) is 0 Å². The van der Waals surface area contributed by atoms with Gasteiger partial charge in [0.1, 0.15) is 0 Å². The molecule has 0 saturated heterocycles. The smallest absolute Gasteiger partial charge is 0.0271 e. The molecule has 2 saturated carbocycles. The van der Waals surface area contributed by atoms with Gasteiger partial charge in [0.25, 0.3) is 0 Å². The molecule has 2 aliphatic carbocycles. The van der Waals surface area contributed by atoms with E-state index in [4.69, 9.17) is 0 Å². The van der Waals surface area contributed by atoms with E-state index in [1.54, 1.807) is 0 Å². The van der Waals surface area contributed by atoms with E-state index in [0.717, 1.165) is 12.0 Å². The topological polar surface area (TPSA) is 15.3 Å². The maximum atomic E-state index is 3.57. The molecule has 0 aromatic carbocycles. The fraction of sp³-hybridized carbons (Fsp3) is 1.00. The Hall–Kier alpha value is -0.0800. The molecule has 2 unspecified atom stereocenters. The Morgan fingerprint density at radius 1 is 1.25 bits per heavy atom. The molecule has 0 bridgehead atoms. The van der Waals surface area contributed by atoms with Crippen LogP contribution in [-0.4, -0.2) is 37.1 Å². The molecular formula is C14H28N2. The van der Waals surface area contributed by atoms with Crippen molar-refractivity contribution >= 4 is 0 Å². The van der Waals surface area contributed by atoms with E-state index in [-0.39, 0.29) is 0 Å². The third-order valence-corrected chi connectivity index (χ3v) is 4.69. The SMILES string of the molecule is CCN(CC1CC1)C1CCC(C)(C)C1NC. The third-order valence-electron chi connectivity index (χ3n) is 4.69. The molecule has 2 atom stereocenters. The first-order valence-corrected chi connectivity index (χ1v) is 6.99. The highest BCUT2D eigenvalue weighted by atomic mass is 15.2. The van der Waals surface area contributed by atoms with Gasteiger partial charge in [-0.05, 0) is 50.6 Å². The molecule has 2 fully saturated rings. The average molecular weight is 224 g/mol. The Morgan fingerprint density at radius 2 is 1.94 bits per heavy atom. The lowest BCUT2D eigenvalue weighted by molar-refractivity contribution is 0.149. The van der Waals surface area contributed by atoms with Crippen LogP contribution in [0.1, 0.15) is 46.5 Å². The van der Waals surface area contributed by atoms with Crippen LogP contribution in [0.15, 0.2) is 0 Å². The Morgan fingerprint density at radius 3 is 2.44 bits per heavy atom. The average Bonchev–Trinajstić information content (AvgIpc) is 2.99. The summed E-state index contributed by atoms with van der Waals surface area (Å²) in [5.41, 5.74) is 0.469. The first-order valence-electron chi connectivity index (χ1n) is 6.99. The van der Waals surface area contributed by atoms with Gasteiger partial charge in [0.05, 0.1) is 0 Å². The summed E-state index contributed by atoms with van der Waals surface area (Å²) in [4.78, 5) is 2.73. The largest absolute Gasteiger partial charge is 0.315 e. The second-order valence-electron chi connectivity index (χ2n) is 6.39. The number of nitrogens with zero attached hydrogens (tertiary/aromatic N) is 1. The summed E-state index contributed by atoms with van der Waals surface area (Å²) in [6, 6.07) is 1.44. The van der Waals surface area contributed by atoms with E-state index in [1.165, 1.54) is 38.8 Å². The lowest BCUT2D eigenvalue weighted by Gasteiger charge is -2.36. The summed E-state index contributed by atoms with van der Waals surface area (Å²) in [7, 11) is 2.13. The maximum absolute atomic E-state index is 3.57. The Bertz CT molecular complexity index is 233. The molecule has 0 radical (unpaired) electrons. The summed E-state index contributed by atoms with van der Waals surface area (Å²) >= 11 is 0. The third kappa shape index (κ3) is 2.43. The molecule has 0 heterocycles. The number of rotatable bonds is 5. The fourth-order valence-corrected chi connectivity index (χ4v) is 3.47. The van der Waals surface area contributed by atoms with Gasteiger partial charge in [-0.3, -0.25) is 4.90 Å². The number of hydrogen-bond acceptors (Lipinski definition) is 2. The van der Waals surface area contributed by atoms with Gasteiger partial charge in [-0.25, -0.2) is 0 Å². The van der Waals surface area contributed by atoms with Crippen LogP contribution in [0.2, 0.25) is 0 Å². The van der Waals surface area contributed by atoms with E-state index >= 15 is 0 Å². The van der Waals surface area contributed by atoms with Crippen molar-refractivity contribution in [2.75, 3.05) is 20.1 Å². The van der Waals surface area contributed by atoms with Gasteiger partial charge in [0, 0.05) is 18.6 Å². The molecule has 2 rings (SSSR count). The van der Waals surface area contributed by atoms with E-state index in [1.807, 2.05) is 0 Å². The second kappa shape index (κ2) is 4.66. The van der Waals surface area contributed by atoms with Crippen molar-refractivity contribution in [1.82, 2.24) is 10.2 Å². The fourth-order valence-electron chi connectivity index (χ4n) is 3.47. The molecule has 2 aliphatic rings. The summed E-state index contributed by atoms with van der Waals surface area (Å²) in [5, 5.41) is 3.57. The molecule has 0 aromatic heterocycles. The van der Waals surface area contributed by atoms with E-state index in [9.17, 15) is 0 Å². The van der Waals surface area contributed by atoms with Crippen molar-refractivity contribution in [1.29, 1.82) is 0 Å². The van der Waals surface area contributed by atoms with Gasteiger partial charge >= 0.3 is 0 Å². The predicted octanol–water partition coefficient (Wildman–Crippen LogP) is 2.49. The Labute approximate surface area is 101 Å². The highest BCUT2D eigenvalue weighted by Crippen LogP contribution is 2.41. The van der Waals surface area contributed by atoms with Crippen molar-refractivity contribution in [2.45, 2.75) is 58.5 Å². The van der Waals surface area contributed by atoms with Crippen molar-refractivity contribution in [2.24, 2.45) is 11.3 Å². The molecule has 1 N–H and O–H groups in total. The van der Waals surface area contributed by atoms with Gasteiger partial charge in [-0.1, -0.05) is 20.8 Å². The predicted molar refractivity (Wildman–Crippen MR) is 69.6 cm³/mol. The van der Waals surface area contributed by atoms with Crippen molar-refractivity contribution in [3.05, 3.63) is 0 Å². The van der Waals surface area contributed by atoms with Gasteiger partial charge in [0.15, 0.2) is 0 Å². The van der Waals surface area contributed by atoms with Crippen LogP contribution in [0.25, 0.3) is 0 Å². The van der Waals surface area contributed by atoms with Gasteiger partial charge < -0.3 is 5.32 Å². The molecule has 0 aliphatic heterocycles. The minimum absolute atomic E-state index is 0.469. The second-order valence-corrected chi connectivity index (χ2v) is 6.39. The van der Waals surface area contributed by atoms with E-state index < -0.39 is 0 Å². The maximum Gasteiger partial charge on any atom is 0.0271 e. The number of nitrogens with one attached hydrogen (secondary N) is 1. The standard InChI is InChI=1S/C14H28N2/c1-5-16(10-11-6-7-11)12-8-9-14(2,3)13(12)15-4/h11-13,15H,5-10H2,1-4H3. The highest BCUT2D eigenvalue weighted by Gasteiger charge is 2.43. The molecule has 2 nitrogen and oxygen atoms in total. The summed E-state index contributed by atoms with van der Waals surface area (Å²) < 4.78 is 0. The Balaban J connectivity index is 2.00. The van der Waals surface area contributed by atoms with Gasteiger partial charge in [-0.2, -0.15) is 0 Å². The normalized spacial score (nSPS) is 33.6.